The van der Waals surface area contributed by atoms with Crippen molar-refractivity contribution in [3.05, 3.63) is 35.9 Å². The highest BCUT2D eigenvalue weighted by molar-refractivity contribution is 5.84. The molecule has 21 heavy (non-hydrogen) atoms. The molecule has 3 nitrogen and oxygen atoms in total. The van der Waals surface area contributed by atoms with Gasteiger partial charge in [0.15, 0.2) is 0 Å². The predicted octanol–water partition coefficient (Wildman–Crippen LogP) is 3.74. The number of pyridine rings is 1. The predicted molar refractivity (Wildman–Crippen MR) is 87.5 cm³/mol. The van der Waals surface area contributed by atoms with E-state index in [4.69, 9.17) is 4.98 Å². The SMILES string of the molecule is CCC1CCCN(c2cc(CO)c3ccccc3n2)CC1. The fraction of sp³-hybridized carbons (Fsp3) is 0.500. The summed E-state index contributed by atoms with van der Waals surface area (Å²) in [5.74, 6) is 1.88. The van der Waals surface area contributed by atoms with Crippen LogP contribution < -0.4 is 4.90 Å². The fourth-order valence-corrected chi connectivity index (χ4v) is 3.33. The van der Waals surface area contributed by atoms with E-state index in [0.29, 0.717) is 0 Å². The highest BCUT2D eigenvalue weighted by atomic mass is 16.3. The number of nitrogens with zero attached hydrogens (tertiary/aromatic N) is 2. The Bertz CT molecular complexity index is 611. The number of rotatable bonds is 3. The molecular formula is C18H24N2O. The number of fused-ring (bicyclic) bond motifs is 1. The summed E-state index contributed by atoms with van der Waals surface area (Å²) in [6.45, 7) is 4.52. The third-order valence-corrected chi connectivity index (χ3v) is 4.71. The first-order valence-corrected chi connectivity index (χ1v) is 8.06. The summed E-state index contributed by atoms with van der Waals surface area (Å²) in [6.07, 6.45) is 5.09. The average molecular weight is 284 g/mol. The van der Waals surface area contributed by atoms with E-state index in [1.807, 2.05) is 24.3 Å². The molecule has 112 valence electrons. The lowest BCUT2D eigenvalue weighted by atomic mass is 9.98. The Hall–Kier alpha value is -1.61. The number of anilines is 1. The Morgan fingerprint density at radius 3 is 2.90 bits per heavy atom. The normalized spacial score (nSPS) is 19.7. The van der Waals surface area contributed by atoms with Crippen molar-refractivity contribution in [3.8, 4) is 0 Å². The fourth-order valence-electron chi connectivity index (χ4n) is 3.33. The van der Waals surface area contributed by atoms with Crippen molar-refractivity contribution in [2.24, 2.45) is 5.92 Å². The first-order chi connectivity index (χ1) is 10.3. The standard InChI is InChI=1S/C18H24N2O/c1-2-14-6-5-10-20(11-9-14)18-12-15(13-21)16-7-3-4-8-17(16)19-18/h3-4,7-8,12,14,21H,2,5-6,9-11,13H2,1H3. The van der Waals surface area contributed by atoms with Gasteiger partial charge >= 0.3 is 0 Å². The van der Waals surface area contributed by atoms with Crippen molar-refractivity contribution in [3.63, 3.8) is 0 Å². The number of aromatic nitrogens is 1. The van der Waals surface area contributed by atoms with Gasteiger partial charge in [0.25, 0.3) is 0 Å². The van der Waals surface area contributed by atoms with Gasteiger partial charge in [0.2, 0.25) is 0 Å². The summed E-state index contributed by atoms with van der Waals surface area (Å²) in [7, 11) is 0. The van der Waals surface area contributed by atoms with E-state index >= 15 is 0 Å². The molecule has 1 aromatic carbocycles. The van der Waals surface area contributed by atoms with Gasteiger partial charge in [0, 0.05) is 18.5 Å². The van der Waals surface area contributed by atoms with Gasteiger partial charge in [0.05, 0.1) is 12.1 Å². The smallest absolute Gasteiger partial charge is 0.129 e. The van der Waals surface area contributed by atoms with E-state index < -0.39 is 0 Å². The van der Waals surface area contributed by atoms with Crippen molar-refractivity contribution in [2.45, 2.75) is 39.2 Å². The van der Waals surface area contributed by atoms with Gasteiger partial charge in [-0.05, 0) is 42.9 Å². The molecule has 0 saturated carbocycles. The molecule has 1 N–H and O–H groups in total. The van der Waals surface area contributed by atoms with Crippen molar-refractivity contribution < 1.29 is 5.11 Å². The topological polar surface area (TPSA) is 36.4 Å². The summed E-state index contributed by atoms with van der Waals surface area (Å²) in [5, 5.41) is 10.7. The van der Waals surface area contributed by atoms with Crippen LogP contribution in [0.1, 0.15) is 38.2 Å². The van der Waals surface area contributed by atoms with E-state index in [-0.39, 0.29) is 6.61 Å². The molecule has 2 heterocycles. The quantitative estimate of drug-likeness (QED) is 0.932. The zero-order chi connectivity index (χ0) is 14.7. The minimum Gasteiger partial charge on any atom is -0.392 e. The Balaban J connectivity index is 1.93. The molecule has 1 aliphatic heterocycles. The van der Waals surface area contributed by atoms with Crippen molar-refractivity contribution in [2.75, 3.05) is 18.0 Å². The number of para-hydroxylation sites is 1. The zero-order valence-electron chi connectivity index (χ0n) is 12.8. The second-order valence-electron chi connectivity index (χ2n) is 6.01. The number of hydrogen-bond donors (Lipinski definition) is 1. The monoisotopic (exact) mass is 284 g/mol. The summed E-state index contributed by atoms with van der Waals surface area (Å²) in [6, 6.07) is 10.1. The van der Waals surface area contributed by atoms with E-state index in [0.717, 1.165) is 41.3 Å². The number of aliphatic hydroxyl groups is 1. The minimum atomic E-state index is 0.0709. The molecule has 1 fully saturated rings. The van der Waals surface area contributed by atoms with Crippen LogP contribution in [0.5, 0.6) is 0 Å². The first kappa shape index (κ1) is 14.3. The largest absolute Gasteiger partial charge is 0.392 e. The Morgan fingerprint density at radius 1 is 1.24 bits per heavy atom. The molecule has 1 saturated heterocycles. The third-order valence-electron chi connectivity index (χ3n) is 4.71. The highest BCUT2D eigenvalue weighted by Crippen LogP contribution is 2.27. The van der Waals surface area contributed by atoms with Gasteiger partial charge < -0.3 is 10.0 Å². The van der Waals surface area contributed by atoms with E-state index in [2.05, 4.69) is 17.9 Å². The van der Waals surface area contributed by atoms with Gasteiger partial charge in [-0.3, -0.25) is 0 Å². The van der Waals surface area contributed by atoms with Crippen LogP contribution in [0.3, 0.4) is 0 Å². The molecule has 1 unspecified atom stereocenters. The number of aliphatic hydroxyl groups excluding tert-OH is 1. The van der Waals surface area contributed by atoms with Gasteiger partial charge in [-0.1, -0.05) is 31.5 Å². The minimum absolute atomic E-state index is 0.0709. The van der Waals surface area contributed by atoms with Gasteiger partial charge in [-0.2, -0.15) is 0 Å². The molecule has 1 aromatic heterocycles. The number of benzene rings is 1. The third kappa shape index (κ3) is 3.03. The molecule has 3 rings (SSSR count). The summed E-state index contributed by atoms with van der Waals surface area (Å²) >= 11 is 0. The maximum absolute atomic E-state index is 9.65. The van der Waals surface area contributed by atoms with Crippen LogP contribution >= 0.6 is 0 Å². The van der Waals surface area contributed by atoms with Crippen LogP contribution in [0, 0.1) is 5.92 Å². The highest BCUT2D eigenvalue weighted by Gasteiger charge is 2.17. The molecule has 0 spiro atoms. The van der Waals surface area contributed by atoms with Gasteiger partial charge in [-0.15, -0.1) is 0 Å². The van der Waals surface area contributed by atoms with Crippen LogP contribution in [0.15, 0.2) is 30.3 Å². The second kappa shape index (κ2) is 6.44. The molecule has 3 heteroatoms. The molecule has 0 aliphatic carbocycles. The summed E-state index contributed by atoms with van der Waals surface area (Å²) in [4.78, 5) is 7.20. The molecule has 0 radical (unpaired) electrons. The number of hydrogen-bond acceptors (Lipinski definition) is 3. The summed E-state index contributed by atoms with van der Waals surface area (Å²) < 4.78 is 0. The molecule has 1 aliphatic rings. The van der Waals surface area contributed by atoms with E-state index in [1.165, 1.54) is 25.7 Å². The lowest BCUT2D eigenvalue weighted by molar-refractivity contribution is 0.283. The first-order valence-electron chi connectivity index (χ1n) is 8.06. The van der Waals surface area contributed by atoms with Crippen LogP contribution in [0.25, 0.3) is 10.9 Å². The van der Waals surface area contributed by atoms with Crippen LogP contribution in [0.2, 0.25) is 0 Å². The maximum atomic E-state index is 9.65. The van der Waals surface area contributed by atoms with Gasteiger partial charge in [-0.25, -0.2) is 4.98 Å². The molecule has 0 amide bonds. The summed E-state index contributed by atoms with van der Waals surface area (Å²) in [5.41, 5.74) is 1.96. The lowest BCUT2D eigenvalue weighted by Crippen LogP contribution is -2.25. The van der Waals surface area contributed by atoms with E-state index in [9.17, 15) is 5.11 Å². The van der Waals surface area contributed by atoms with Gasteiger partial charge in [0.1, 0.15) is 5.82 Å². The Kier molecular flexibility index (Phi) is 4.39. The van der Waals surface area contributed by atoms with E-state index in [1.54, 1.807) is 0 Å². The Morgan fingerprint density at radius 2 is 2.10 bits per heavy atom. The van der Waals surface area contributed by atoms with Crippen LogP contribution in [-0.2, 0) is 6.61 Å². The molecule has 0 bridgehead atoms. The van der Waals surface area contributed by atoms with Crippen molar-refractivity contribution in [1.29, 1.82) is 0 Å². The van der Waals surface area contributed by atoms with Crippen LogP contribution in [0.4, 0.5) is 5.82 Å². The second-order valence-corrected chi connectivity index (χ2v) is 6.01. The van der Waals surface area contributed by atoms with Crippen LogP contribution in [-0.4, -0.2) is 23.2 Å². The molecule has 2 aromatic rings. The van der Waals surface area contributed by atoms with Crippen molar-refractivity contribution in [1.82, 2.24) is 4.98 Å². The van der Waals surface area contributed by atoms with Crippen molar-refractivity contribution >= 4 is 16.7 Å². The maximum Gasteiger partial charge on any atom is 0.129 e. The Labute approximate surface area is 126 Å². The molecular weight excluding hydrogens is 260 g/mol. The molecule has 1 atom stereocenters. The zero-order valence-corrected chi connectivity index (χ0v) is 12.8. The lowest BCUT2D eigenvalue weighted by Gasteiger charge is -2.23. The average Bonchev–Trinajstić information content (AvgIpc) is 2.79.